The van der Waals surface area contributed by atoms with Crippen molar-refractivity contribution >= 4 is 28.8 Å². The van der Waals surface area contributed by atoms with Crippen LogP contribution in [-0.2, 0) is 13.1 Å². The van der Waals surface area contributed by atoms with E-state index < -0.39 is 0 Å². The maximum Gasteiger partial charge on any atom is 0.0870 e. The van der Waals surface area contributed by atoms with Crippen LogP contribution in [-0.4, -0.2) is 32.3 Å². The molecule has 0 aliphatic heterocycles. The molecule has 0 aliphatic rings. The van der Waals surface area contributed by atoms with E-state index in [9.17, 15) is 0 Å². The summed E-state index contributed by atoms with van der Waals surface area (Å²) in [7, 11) is 0. The van der Waals surface area contributed by atoms with Crippen molar-refractivity contribution in [3.05, 3.63) is 16.4 Å². The number of aromatic nitrogens is 2. The molecule has 0 amide bonds. The van der Waals surface area contributed by atoms with Crippen molar-refractivity contribution < 1.29 is 0 Å². The molecule has 0 bridgehead atoms. The number of hydrogen-bond donors (Lipinski definition) is 1. The van der Waals surface area contributed by atoms with E-state index in [4.69, 9.17) is 29.6 Å². The number of aryl methyl sites for hydroxylation is 2. The van der Waals surface area contributed by atoms with Crippen LogP contribution >= 0.6 is 23.8 Å². The largest absolute Gasteiger partial charge is 0.392 e. The Labute approximate surface area is 119 Å². The van der Waals surface area contributed by atoms with Gasteiger partial charge in [-0.05, 0) is 27.7 Å². The van der Waals surface area contributed by atoms with Crippen LogP contribution in [0.3, 0.4) is 0 Å². The predicted octanol–water partition coefficient (Wildman–Crippen LogP) is 2.36. The Bertz CT molecular complexity index is 428. The van der Waals surface area contributed by atoms with Gasteiger partial charge in [-0.2, -0.15) is 5.10 Å². The molecule has 0 saturated carbocycles. The van der Waals surface area contributed by atoms with Crippen LogP contribution in [0.5, 0.6) is 0 Å². The number of hydrogen-bond acceptors (Lipinski definition) is 3. The zero-order valence-corrected chi connectivity index (χ0v) is 13.0. The maximum atomic E-state index is 6.30. The lowest BCUT2D eigenvalue weighted by Gasteiger charge is -2.26. The Morgan fingerprint density at radius 1 is 1.56 bits per heavy atom. The van der Waals surface area contributed by atoms with E-state index in [2.05, 4.69) is 30.8 Å². The summed E-state index contributed by atoms with van der Waals surface area (Å²) in [5, 5.41) is 5.16. The Kier molecular flexibility index (Phi) is 5.56. The van der Waals surface area contributed by atoms with Gasteiger partial charge in [0.25, 0.3) is 0 Å². The van der Waals surface area contributed by atoms with Crippen molar-refractivity contribution in [2.45, 2.75) is 46.8 Å². The summed E-state index contributed by atoms with van der Waals surface area (Å²) in [4.78, 5) is 2.69. The molecule has 1 aromatic rings. The molecule has 0 saturated heterocycles. The van der Waals surface area contributed by atoms with Gasteiger partial charge < -0.3 is 5.73 Å². The van der Waals surface area contributed by atoms with Crippen LogP contribution in [0.25, 0.3) is 0 Å². The van der Waals surface area contributed by atoms with Crippen LogP contribution in [0.1, 0.15) is 32.2 Å². The highest BCUT2D eigenvalue weighted by Gasteiger charge is 2.18. The summed E-state index contributed by atoms with van der Waals surface area (Å²) in [6.45, 7) is 10.3. The number of rotatable bonds is 6. The van der Waals surface area contributed by atoms with Crippen molar-refractivity contribution in [1.29, 1.82) is 0 Å². The molecule has 2 N–H and O–H groups in total. The third-order valence-corrected chi connectivity index (χ3v) is 3.52. The van der Waals surface area contributed by atoms with E-state index in [1.807, 2.05) is 11.6 Å². The Morgan fingerprint density at radius 2 is 2.17 bits per heavy atom. The first kappa shape index (κ1) is 15.4. The lowest BCUT2D eigenvalue weighted by Crippen LogP contribution is -2.37. The first-order chi connectivity index (χ1) is 8.36. The number of nitrogens with two attached hydrogens (primary N) is 1. The molecular formula is C12H21ClN4S. The Morgan fingerprint density at radius 3 is 2.61 bits per heavy atom. The van der Waals surface area contributed by atoms with Crippen molar-refractivity contribution in [1.82, 2.24) is 14.7 Å². The van der Waals surface area contributed by atoms with Crippen molar-refractivity contribution in [3.63, 3.8) is 0 Å². The van der Waals surface area contributed by atoms with E-state index >= 15 is 0 Å². The average Bonchev–Trinajstić information content (AvgIpc) is 2.55. The van der Waals surface area contributed by atoms with Gasteiger partial charge in [-0.1, -0.05) is 23.8 Å². The lowest BCUT2D eigenvalue weighted by atomic mass is 10.2. The standard InChI is InChI=1S/C12H21ClN4S/c1-5-17-10(12(13)9(4)15-17)6-16(8(2)3)7-11(14)18/h8H,5-7H2,1-4H3,(H2,14,18). The molecule has 1 rings (SSSR count). The predicted molar refractivity (Wildman–Crippen MR) is 80.0 cm³/mol. The van der Waals surface area contributed by atoms with Gasteiger partial charge in [0.05, 0.1) is 21.4 Å². The molecular weight excluding hydrogens is 268 g/mol. The summed E-state index contributed by atoms with van der Waals surface area (Å²) < 4.78 is 1.94. The fraction of sp³-hybridized carbons (Fsp3) is 0.667. The fourth-order valence-electron chi connectivity index (χ4n) is 1.83. The molecule has 0 fully saturated rings. The fourth-order valence-corrected chi connectivity index (χ4v) is 2.19. The molecule has 0 aromatic carbocycles. The van der Waals surface area contributed by atoms with Crippen LogP contribution < -0.4 is 5.73 Å². The van der Waals surface area contributed by atoms with Gasteiger partial charge in [0.2, 0.25) is 0 Å². The molecule has 0 spiro atoms. The zero-order valence-electron chi connectivity index (χ0n) is 11.4. The summed E-state index contributed by atoms with van der Waals surface area (Å²) in [5.74, 6) is 0. The molecule has 0 radical (unpaired) electrons. The van der Waals surface area contributed by atoms with E-state index in [-0.39, 0.29) is 0 Å². The molecule has 1 aromatic heterocycles. The van der Waals surface area contributed by atoms with Crippen LogP contribution in [0.15, 0.2) is 0 Å². The molecule has 18 heavy (non-hydrogen) atoms. The highest BCUT2D eigenvalue weighted by atomic mass is 35.5. The van der Waals surface area contributed by atoms with Crippen molar-refractivity contribution in [2.24, 2.45) is 5.73 Å². The molecule has 102 valence electrons. The Hall–Kier alpha value is -0.650. The molecule has 0 atom stereocenters. The average molecular weight is 289 g/mol. The van der Waals surface area contributed by atoms with E-state index in [0.717, 1.165) is 23.0 Å². The topological polar surface area (TPSA) is 47.1 Å². The SMILES string of the molecule is CCn1nc(C)c(Cl)c1CN(CC(N)=S)C(C)C. The van der Waals surface area contributed by atoms with Gasteiger partial charge in [-0.25, -0.2) is 0 Å². The second kappa shape index (κ2) is 6.50. The van der Waals surface area contributed by atoms with Gasteiger partial charge in [0.15, 0.2) is 0 Å². The maximum absolute atomic E-state index is 6.30. The van der Waals surface area contributed by atoms with E-state index in [1.165, 1.54) is 0 Å². The zero-order chi connectivity index (χ0) is 13.9. The second-order valence-electron chi connectivity index (χ2n) is 4.63. The van der Waals surface area contributed by atoms with Gasteiger partial charge in [-0.3, -0.25) is 9.58 Å². The highest BCUT2D eigenvalue weighted by molar-refractivity contribution is 7.80. The smallest absolute Gasteiger partial charge is 0.0870 e. The molecule has 0 unspecified atom stereocenters. The van der Waals surface area contributed by atoms with Gasteiger partial charge in [-0.15, -0.1) is 0 Å². The first-order valence-corrected chi connectivity index (χ1v) is 6.89. The molecule has 0 aliphatic carbocycles. The second-order valence-corrected chi connectivity index (χ2v) is 5.53. The Balaban J connectivity index is 2.96. The summed E-state index contributed by atoms with van der Waals surface area (Å²) in [6, 6.07) is 0.350. The number of nitrogens with zero attached hydrogens (tertiary/aromatic N) is 3. The number of halogens is 1. The third-order valence-electron chi connectivity index (χ3n) is 2.89. The normalized spacial score (nSPS) is 11.5. The summed E-state index contributed by atoms with van der Waals surface area (Å²) in [6.07, 6.45) is 0. The lowest BCUT2D eigenvalue weighted by molar-refractivity contribution is 0.238. The molecule has 6 heteroatoms. The highest BCUT2D eigenvalue weighted by Crippen LogP contribution is 2.22. The van der Waals surface area contributed by atoms with Crippen LogP contribution in [0.4, 0.5) is 0 Å². The van der Waals surface area contributed by atoms with E-state index in [1.54, 1.807) is 0 Å². The van der Waals surface area contributed by atoms with Gasteiger partial charge in [0.1, 0.15) is 0 Å². The van der Waals surface area contributed by atoms with Gasteiger partial charge in [0, 0.05) is 25.7 Å². The quantitative estimate of drug-likeness (QED) is 0.817. The van der Waals surface area contributed by atoms with Crippen LogP contribution in [0, 0.1) is 6.92 Å². The first-order valence-electron chi connectivity index (χ1n) is 6.10. The minimum atomic E-state index is 0.350. The third kappa shape index (κ3) is 3.67. The summed E-state index contributed by atoms with van der Waals surface area (Å²) in [5.41, 5.74) is 7.53. The molecule has 1 heterocycles. The van der Waals surface area contributed by atoms with E-state index in [0.29, 0.717) is 24.1 Å². The summed E-state index contributed by atoms with van der Waals surface area (Å²) >= 11 is 11.3. The monoisotopic (exact) mass is 288 g/mol. The minimum Gasteiger partial charge on any atom is -0.392 e. The van der Waals surface area contributed by atoms with Crippen molar-refractivity contribution in [3.8, 4) is 0 Å². The van der Waals surface area contributed by atoms with Crippen LogP contribution in [0.2, 0.25) is 5.02 Å². The van der Waals surface area contributed by atoms with Crippen molar-refractivity contribution in [2.75, 3.05) is 6.54 Å². The number of thiocarbonyl (C=S) groups is 1. The van der Waals surface area contributed by atoms with Gasteiger partial charge >= 0.3 is 0 Å². The minimum absolute atomic E-state index is 0.350. The molecule has 4 nitrogen and oxygen atoms in total.